The molecule has 3 aromatic rings. The van der Waals surface area contributed by atoms with Gasteiger partial charge in [0, 0.05) is 25.5 Å². The average molecular weight is 407 g/mol. The van der Waals surface area contributed by atoms with E-state index in [4.69, 9.17) is 9.98 Å². The molecule has 8 nitrogen and oxygen atoms in total. The van der Waals surface area contributed by atoms with Gasteiger partial charge >= 0.3 is 0 Å². The van der Waals surface area contributed by atoms with E-state index in [1.807, 2.05) is 26.0 Å². The minimum Gasteiger partial charge on any atom is -0.357 e. The summed E-state index contributed by atoms with van der Waals surface area (Å²) in [6.45, 7) is 9.95. The molecule has 0 radical (unpaired) electrons. The Balaban J connectivity index is 1.76. The molecule has 0 aromatic carbocycles. The first kappa shape index (κ1) is 19.3. The number of fused-ring (bicyclic) bond motifs is 1. The zero-order valence-electron chi connectivity index (χ0n) is 16.8. The van der Waals surface area contributed by atoms with E-state index in [1.165, 1.54) is 0 Å². The van der Waals surface area contributed by atoms with Crippen LogP contribution >= 0.6 is 12.6 Å². The minimum atomic E-state index is 0.538. The van der Waals surface area contributed by atoms with Gasteiger partial charge in [0.05, 0.1) is 23.3 Å². The van der Waals surface area contributed by atoms with Gasteiger partial charge in [-0.3, -0.25) is 9.97 Å². The molecular weight excluding hydrogens is 384 g/mol. The first-order valence-electron chi connectivity index (χ1n) is 9.49. The predicted molar refractivity (Wildman–Crippen MR) is 118 cm³/mol. The highest BCUT2D eigenvalue weighted by atomic mass is 32.1. The van der Waals surface area contributed by atoms with Crippen LogP contribution in [0.4, 0.5) is 11.5 Å². The third-order valence-electron chi connectivity index (χ3n) is 4.81. The summed E-state index contributed by atoms with van der Waals surface area (Å²) in [5.74, 6) is 1.60. The number of aryl methyl sites for hydroxylation is 1. The molecule has 1 aliphatic rings. The number of thiol groups is 1. The maximum atomic E-state index is 4.83. The van der Waals surface area contributed by atoms with E-state index in [9.17, 15) is 0 Å². The molecule has 4 heterocycles. The molecule has 0 saturated carbocycles. The van der Waals surface area contributed by atoms with Gasteiger partial charge in [0.15, 0.2) is 5.82 Å². The molecule has 3 aromatic heterocycles. The molecule has 0 spiro atoms. The summed E-state index contributed by atoms with van der Waals surface area (Å²) in [4.78, 5) is 24.8. The van der Waals surface area contributed by atoms with Gasteiger partial charge in [-0.25, -0.2) is 19.6 Å². The smallest absolute Gasteiger partial charge is 0.183 e. The van der Waals surface area contributed by atoms with Gasteiger partial charge in [-0.2, -0.15) is 5.10 Å². The molecule has 4 rings (SSSR count). The first-order valence-corrected chi connectivity index (χ1v) is 9.93. The van der Waals surface area contributed by atoms with Crippen LogP contribution in [-0.4, -0.2) is 49.1 Å². The van der Waals surface area contributed by atoms with Crippen LogP contribution < -0.4 is 4.90 Å². The molecule has 0 bridgehead atoms. The fraction of sp³-hybridized carbons (Fsp3) is 0.300. The summed E-state index contributed by atoms with van der Waals surface area (Å²) in [5.41, 5.74) is 4.50. The summed E-state index contributed by atoms with van der Waals surface area (Å²) < 4.78 is 1.73. The second kappa shape index (κ2) is 7.75. The largest absolute Gasteiger partial charge is 0.357 e. The van der Waals surface area contributed by atoms with E-state index in [0.29, 0.717) is 27.9 Å². The van der Waals surface area contributed by atoms with E-state index < -0.39 is 0 Å². The van der Waals surface area contributed by atoms with Gasteiger partial charge in [0.2, 0.25) is 0 Å². The Bertz CT molecular complexity index is 1110. The van der Waals surface area contributed by atoms with Gasteiger partial charge in [-0.05, 0) is 39.8 Å². The molecule has 0 aliphatic carbocycles. The Hall–Kier alpha value is -3.07. The Labute approximate surface area is 174 Å². The van der Waals surface area contributed by atoms with Crippen molar-refractivity contribution >= 4 is 35.6 Å². The molecule has 0 N–H and O–H groups in total. The molecule has 0 saturated heterocycles. The quantitative estimate of drug-likeness (QED) is 0.655. The lowest BCUT2D eigenvalue weighted by Crippen LogP contribution is -2.23. The van der Waals surface area contributed by atoms with Crippen molar-refractivity contribution < 1.29 is 0 Å². The standard InChI is InChI=1S/C20H22N8S/c1-5-27(6-2)16-8-7-14(12(3)23-16)24-17-13(4)26-28-18(20(29)25-19(17)28)15-11-21-9-10-22-15/h7-11,29H,5-6H2,1-4H3. The van der Waals surface area contributed by atoms with Gasteiger partial charge in [0.1, 0.15) is 27.9 Å². The Morgan fingerprint density at radius 2 is 1.90 bits per heavy atom. The van der Waals surface area contributed by atoms with E-state index in [0.717, 1.165) is 36.0 Å². The Kier molecular flexibility index (Phi) is 5.14. The molecule has 0 unspecified atom stereocenters. The van der Waals surface area contributed by atoms with E-state index in [1.54, 1.807) is 23.3 Å². The number of imidazole rings is 1. The Morgan fingerprint density at radius 1 is 1.10 bits per heavy atom. The van der Waals surface area contributed by atoms with Crippen LogP contribution in [0.25, 0.3) is 11.4 Å². The number of rotatable bonds is 5. The summed E-state index contributed by atoms with van der Waals surface area (Å²) >= 11 is 4.52. The highest BCUT2D eigenvalue weighted by Gasteiger charge is 2.28. The molecule has 148 valence electrons. The zero-order chi connectivity index (χ0) is 20.5. The Morgan fingerprint density at radius 3 is 2.55 bits per heavy atom. The van der Waals surface area contributed by atoms with Crippen LogP contribution in [-0.2, 0) is 0 Å². The van der Waals surface area contributed by atoms with Crippen molar-refractivity contribution in [3.8, 4) is 11.4 Å². The van der Waals surface area contributed by atoms with Crippen LogP contribution in [0.5, 0.6) is 0 Å². The number of anilines is 1. The van der Waals surface area contributed by atoms with E-state index in [2.05, 4.69) is 51.4 Å². The third kappa shape index (κ3) is 3.42. The molecule has 0 atom stereocenters. The summed E-state index contributed by atoms with van der Waals surface area (Å²) in [6, 6.07) is 4.00. The van der Waals surface area contributed by atoms with Crippen molar-refractivity contribution in [2.24, 2.45) is 10.1 Å². The maximum absolute atomic E-state index is 4.83. The number of aliphatic imine (C=N–C) groups is 1. The third-order valence-corrected chi connectivity index (χ3v) is 5.12. The number of nitrogens with zero attached hydrogens (tertiary/aromatic N) is 8. The van der Waals surface area contributed by atoms with E-state index >= 15 is 0 Å². The lowest BCUT2D eigenvalue weighted by atomic mass is 10.2. The number of pyridine rings is 1. The maximum Gasteiger partial charge on any atom is 0.183 e. The highest BCUT2D eigenvalue weighted by Crippen LogP contribution is 2.30. The van der Waals surface area contributed by atoms with Crippen molar-refractivity contribution in [3.63, 3.8) is 0 Å². The molecule has 1 aliphatic heterocycles. The lowest BCUT2D eigenvalue weighted by Gasteiger charge is -2.20. The van der Waals surface area contributed by atoms with Crippen LogP contribution in [0.3, 0.4) is 0 Å². The summed E-state index contributed by atoms with van der Waals surface area (Å²) in [6.07, 6.45) is 4.93. The first-order chi connectivity index (χ1) is 14.0. The second-order valence-electron chi connectivity index (χ2n) is 6.60. The van der Waals surface area contributed by atoms with E-state index in [-0.39, 0.29) is 0 Å². The molecule has 9 heteroatoms. The number of aromatic nitrogens is 5. The molecule has 29 heavy (non-hydrogen) atoms. The molecular formula is C20H22N8S. The van der Waals surface area contributed by atoms with Crippen LogP contribution in [0.1, 0.15) is 32.3 Å². The topological polar surface area (TPSA) is 84.5 Å². The average Bonchev–Trinajstić information content (AvgIpc) is 3.19. The monoisotopic (exact) mass is 406 g/mol. The van der Waals surface area contributed by atoms with Gasteiger partial charge in [0.25, 0.3) is 0 Å². The fourth-order valence-corrected chi connectivity index (χ4v) is 3.59. The van der Waals surface area contributed by atoms with Crippen LogP contribution in [0.2, 0.25) is 0 Å². The normalized spacial score (nSPS) is 14.2. The van der Waals surface area contributed by atoms with Gasteiger partial charge in [-0.15, -0.1) is 12.6 Å². The van der Waals surface area contributed by atoms with Crippen molar-refractivity contribution in [2.75, 3.05) is 18.0 Å². The predicted octanol–water partition coefficient (Wildman–Crippen LogP) is 3.54. The zero-order valence-corrected chi connectivity index (χ0v) is 17.7. The van der Waals surface area contributed by atoms with Crippen molar-refractivity contribution in [1.82, 2.24) is 24.6 Å². The summed E-state index contributed by atoms with van der Waals surface area (Å²) in [7, 11) is 0. The van der Waals surface area contributed by atoms with Crippen molar-refractivity contribution in [2.45, 2.75) is 32.7 Å². The van der Waals surface area contributed by atoms with Crippen LogP contribution in [0.15, 0.2) is 45.8 Å². The van der Waals surface area contributed by atoms with Gasteiger partial charge in [-0.1, -0.05) is 0 Å². The lowest BCUT2D eigenvalue weighted by molar-refractivity contribution is 0.842. The minimum absolute atomic E-state index is 0.538. The van der Waals surface area contributed by atoms with Gasteiger partial charge < -0.3 is 4.90 Å². The second-order valence-corrected chi connectivity index (χ2v) is 7.03. The van der Waals surface area contributed by atoms with Crippen LogP contribution in [0, 0.1) is 6.92 Å². The summed E-state index contributed by atoms with van der Waals surface area (Å²) in [5, 5.41) is 5.16. The van der Waals surface area contributed by atoms with Crippen molar-refractivity contribution in [1.29, 1.82) is 0 Å². The van der Waals surface area contributed by atoms with Crippen molar-refractivity contribution in [3.05, 3.63) is 42.2 Å². The number of hydrogen-bond donors (Lipinski definition) is 1. The molecule has 0 amide bonds. The SMILES string of the molecule is CCN(CC)c1ccc(N=C2C(C)=Nn3c2nc(S)c3-c2cnccn2)c(C)n1. The fourth-order valence-electron chi connectivity index (χ4n) is 3.29. The highest BCUT2D eigenvalue weighted by molar-refractivity contribution is 7.80. The molecule has 0 fully saturated rings. The number of hydrogen-bond acceptors (Lipinski definition) is 8.